The first-order valence-corrected chi connectivity index (χ1v) is 7.37. The number of rotatable bonds is 7. The Hall–Kier alpha value is -1.13. The Morgan fingerprint density at radius 2 is 1.95 bits per heavy atom. The summed E-state index contributed by atoms with van der Waals surface area (Å²) in [5.41, 5.74) is 5.69. The highest BCUT2D eigenvalue weighted by molar-refractivity contribution is 7.80. The zero-order chi connectivity index (χ0) is 13.5. The van der Waals surface area contributed by atoms with Crippen LogP contribution in [0.15, 0.2) is 30.3 Å². The number of nitrogens with zero attached hydrogens (tertiary/aromatic N) is 1. The monoisotopic (exact) mass is 278 g/mol. The minimum Gasteiger partial charge on any atom is -0.492 e. The Bertz CT molecular complexity index is 390. The number of thiocarbonyl (C=S) groups is 1. The summed E-state index contributed by atoms with van der Waals surface area (Å²) in [4.78, 5) is 2.95. The number of hydrogen-bond acceptors (Lipinski definition) is 3. The van der Waals surface area contributed by atoms with Crippen LogP contribution in [0.3, 0.4) is 0 Å². The lowest BCUT2D eigenvalue weighted by Gasteiger charge is -2.28. The van der Waals surface area contributed by atoms with Gasteiger partial charge in [0.25, 0.3) is 0 Å². The van der Waals surface area contributed by atoms with Crippen LogP contribution in [0.1, 0.15) is 25.7 Å². The van der Waals surface area contributed by atoms with Crippen molar-refractivity contribution in [1.29, 1.82) is 0 Å². The second-order valence-corrected chi connectivity index (χ2v) is 5.56. The Morgan fingerprint density at radius 1 is 1.26 bits per heavy atom. The highest BCUT2D eigenvalue weighted by atomic mass is 32.1. The summed E-state index contributed by atoms with van der Waals surface area (Å²) >= 11 is 5.05. The molecule has 19 heavy (non-hydrogen) atoms. The summed E-state index contributed by atoms with van der Waals surface area (Å²) in [6, 6.07) is 10.5. The van der Waals surface area contributed by atoms with Gasteiger partial charge < -0.3 is 10.5 Å². The summed E-state index contributed by atoms with van der Waals surface area (Å²) in [5, 5.41) is 0. The van der Waals surface area contributed by atoms with Gasteiger partial charge in [-0.3, -0.25) is 4.90 Å². The molecule has 1 aromatic carbocycles. The van der Waals surface area contributed by atoms with Crippen LogP contribution in [0, 0.1) is 0 Å². The van der Waals surface area contributed by atoms with Crippen molar-refractivity contribution >= 4 is 17.2 Å². The third-order valence-corrected chi connectivity index (χ3v) is 3.72. The molecule has 0 unspecified atom stereocenters. The molecule has 0 saturated heterocycles. The average Bonchev–Trinajstić information content (AvgIpc) is 2.92. The molecule has 104 valence electrons. The molecule has 3 nitrogen and oxygen atoms in total. The molecule has 2 N–H and O–H groups in total. The first-order valence-electron chi connectivity index (χ1n) is 6.96. The minimum absolute atomic E-state index is 0.576. The molecule has 0 atom stereocenters. The van der Waals surface area contributed by atoms with Gasteiger partial charge in [0.1, 0.15) is 12.4 Å². The van der Waals surface area contributed by atoms with E-state index in [0.717, 1.165) is 12.3 Å². The summed E-state index contributed by atoms with van der Waals surface area (Å²) in [6.07, 6.45) is 5.15. The molecule has 0 spiro atoms. The zero-order valence-electron chi connectivity index (χ0n) is 11.3. The van der Waals surface area contributed by atoms with Gasteiger partial charge in [-0.1, -0.05) is 43.3 Å². The van der Waals surface area contributed by atoms with E-state index < -0.39 is 0 Å². The molecule has 0 heterocycles. The van der Waals surface area contributed by atoms with Gasteiger partial charge in [-0.2, -0.15) is 0 Å². The second kappa shape index (κ2) is 7.46. The van der Waals surface area contributed by atoms with Gasteiger partial charge >= 0.3 is 0 Å². The highest BCUT2D eigenvalue weighted by Gasteiger charge is 2.22. The Morgan fingerprint density at radius 3 is 2.58 bits per heavy atom. The molecule has 4 heteroatoms. The van der Waals surface area contributed by atoms with E-state index in [1.165, 1.54) is 25.7 Å². The average molecular weight is 278 g/mol. The lowest BCUT2D eigenvalue weighted by Crippen LogP contribution is -2.41. The van der Waals surface area contributed by atoms with Crippen LogP contribution in [-0.4, -0.2) is 35.6 Å². The van der Waals surface area contributed by atoms with E-state index in [2.05, 4.69) is 4.90 Å². The Labute approximate surface area is 120 Å². The lowest BCUT2D eigenvalue weighted by molar-refractivity contribution is 0.180. The second-order valence-electron chi connectivity index (χ2n) is 5.04. The molecule has 1 aromatic rings. The van der Waals surface area contributed by atoms with Crippen molar-refractivity contribution in [1.82, 2.24) is 4.90 Å². The largest absolute Gasteiger partial charge is 0.492 e. The first kappa shape index (κ1) is 14.3. The SMILES string of the molecule is NC(=S)CN(CCOc1ccccc1)C1CCCC1. The molecule has 0 amide bonds. The van der Waals surface area contributed by atoms with Gasteiger partial charge in [-0.15, -0.1) is 0 Å². The summed E-state index contributed by atoms with van der Waals surface area (Å²) < 4.78 is 5.75. The standard InChI is InChI=1S/C15H22N2OS/c16-15(19)12-17(13-6-4-5-7-13)10-11-18-14-8-2-1-3-9-14/h1-3,8-9,13H,4-7,10-12H2,(H2,16,19). The zero-order valence-corrected chi connectivity index (χ0v) is 12.1. The number of hydrogen-bond donors (Lipinski definition) is 1. The van der Waals surface area contributed by atoms with E-state index in [1.807, 2.05) is 30.3 Å². The van der Waals surface area contributed by atoms with Crippen molar-refractivity contribution in [2.24, 2.45) is 5.73 Å². The highest BCUT2D eigenvalue weighted by Crippen LogP contribution is 2.23. The van der Waals surface area contributed by atoms with Crippen LogP contribution in [0.4, 0.5) is 0 Å². The van der Waals surface area contributed by atoms with Gasteiger partial charge in [0, 0.05) is 19.1 Å². The molecule has 0 bridgehead atoms. The van der Waals surface area contributed by atoms with E-state index in [4.69, 9.17) is 22.7 Å². The number of benzene rings is 1. The van der Waals surface area contributed by atoms with Crippen LogP contribution in [0.5, 0.6) is 5.75 Å². The molecule has 1 aliphatic carbocycles. The van der Waals surface area contributed by atoms with E-state index >= 15 is 0 Å². The third kappa shape index (κ3) is 4.80. The Balaban J connectivity index is 1.80. The van der Waals surface area contributed by atoms with Crippen LogP contribution < -0.4 is 10.5 Å². The first-order chi connectivity index (χ1) is 9.25. The third-order valence-electron chi connectivity index (χ3n) is 3.59. The molecular formula is C15H22N2OS. The Kier molecular flexibility index (Phi) is 5.61. The summed E-state index contributed by atoms with van der Waals surface area (Å²) in [7, 11) is 0. The maximum Gasteiger partial charge on any atom is 0.119 e. The van der Waals surface area contributed by atoms with Crippen molar-refractivity contribution in [2.75, 3.05) is 19.7 Å². The minimum atomic E-state index is 0.576. The normalized spacial score (nSPS) is 15.8. The van der Waals surface area contributed by atoms with Crippen LogP contribution >= 0.6 is 12.2 Å². The topological polar surface area (TPSA) is 38.5 Å². The smallest absolute Gasteiger partial charge is 0.119 e. The molecule has 0 radical (unpaired) electrons. The molecule has 1 fully saturated rings. The van der Waals surface area contributed by atoms with Crippen molar-refractivity contribution in [3.05, 3.63) is 30.3 Å². The maximum atomic E-state index is 5.75. The predicted octanol–water partition coefficient (Wildman–Crippen LogP) is 2.60. The number of ether oxygens (including phenoxy) is 1. The van der Waals surface area contributed by atoms with E-state index in [-0.39, 0.29) is 0 Å². The number of nitrogens with two attached hydrogens (primary N) is 1. The van der Waals surface area contributed by atoms with Gasteiger partial charge in [-0.25, -0.2) is 0 Å². The molecule has 2 rings (SSSR count). The predicted molar refractivity (Wildman–Crippen MR) is 82.6 cm³/mol. The molecule has 0 aromatic heterocycles. The maximum absolute atomic E-state index is 5.75. The van der Waals surface area contributed by atoms with Crippen LogP contribution in [-0.2, 0) is 0 Å². The fourth-order valence-electron chi connectivity index (χ4n) is 2.66. The van der Waals surface area contributed by atoms with Gasteiger partial charge in [0.05, 0.1) is 4.99 Å². The van der Waals surface area contributed by atoms with Crippen LogP contribution in [0.2, 0.25) is 0 Å². The van der Waals surface area contributed by atoms with Crippen molar-refractivity contribution in [3.8, 4) is 5.75 Å². The lowest BCUT2D eigenvalue weighted by atomic mass is 10.2. The summed E-state index contributed by atoms with van der Waals surface area (Å²) in [5.74, 6) is 0.921. The molecule has 0 aliphatic heterocycles. The molecular weight excluding hydrogens is 256 g/mol. The fourth-order valence-corrected chi connectivity index (χ4v) is 2.82. The van der Waals surface area contributed by atoms with E-state index in [1.54, 1.807) is 0 Å². The molecule has 1 aliphatic rings. The number of para-hydroxylation sites is 1. The van der Waals surface area contributed by atoms with Crippen molar-refractivity contribution in [3.63, 3.8) is 0 Å². The van der Waals surface area contributed by atoms with Gasteiger partial charge in [0.15, 0.2) is 0 Å². The molecule has 1 saturated carbocycles. The van der Waals surface area contributed by atoms with Gasteiger partial charge in [-0.05, 0) is 25.0 Å². The van der Waals surface area contributed by atoms with Crippen molar-refractivity contribution < 1.29 is 4.74 Å². The van der Waals surface area contributed by atoms with Crippen LogP contribution in [0.25, 0.3) is 0 Å². The van der Waals surface area contributed by atoms with E-state index in [9.17, 15) is 0 Å². The quantitative estimate of drug-likeness (QED) is 0.778. The summed E-state index contributed by atoms with van der Waals surface area (Å²) in [6.45, 7) is 2.28. The van der Waals surface area contributed by atoms with Crippen molar-refractivity contribution in [2.45, 2.75) is 31.7 Å². The fraction of sp³-hybridized carbons (Fsp3) is 0.533. The van der Waals surface area contributed by atoms with E-state index in [0.29, 0.717) is 24.2 Å². The van der Waals surface area contributed by atoms with Gasteiger partial charge in [0.2, 0.25) is 0 Å².